The van der Waals surface area contributed by atoms with Crippen LogP contribution in [-0.2, 0) is 14.2 Å². The Morgan fingerprint density at radius 2 is 2.00 bits per heavy atom. The van der Waals surface area contributed by atoms with E-state index in [1.807, 2.05) is 14.1 Å². The van der Waals surface area contributed by atoms with Crippen molar-refractivity contribution in [3.05, 3.63) is 11.6 Å². The predicted octanol–water partition coefficient (Wildman–Crippen LogP) is 5.49. The first-order valence-corrected chi connectivity index (χ1v) is 13.4. The number of ether oxygens (including phenoxy) is 3. The molecule has 32 heavy (non-hydrogen) atoms. The fraction of sp³-hybridized carbons (Fsp3) is 0.885. The Bertz CT molecular complexity index is 801. The molecule has 1 aliphatic heterocycles. The summed E-state index contributed by atoms with van der Waals surface area (Å²) in [6.45, 7) is 7.66. The van der Waals surface area contributed by atoms with Crippen molar-refractivity contribution in [2.75, 3.05) is 28.0 Å². The second-order valence-corrected chi connectivity index (χ2v) is 12.9. The number of hydrogen-bond acceptors (Lipinski definition) is 5. The van der Waals surface area contributed by atoms with Crippen LogP contribution in [0.3, 0.4) is 0 Å². The van der Waals surface area contributed by atoms with Crippen LogP contribution in [0.5, 0.6) is 0 Å². The summed E-state index contributed by atoms with van der Waals surface area (Å²) in [5, 5.41) is 0.445. The maximum absolute atomic E-state index is 12.7. The molecule has 5 aliphatic rings. The van der Waals surface area contributed by atoms with Gasteiger partial charge in [0.25, 0.3) is 5.24 Å². The topological polar surface area (TPSA) is 51.3 Å². The summed E-state index contributed by atoms with van der Waals surface area (Å²) in [4.78, 5) is 14.4. The highest BCUT2D eigenvalue weighted by Crippen LogP contribution is 2.74. The number of amides is 1. The molecule has 0 aromatic rings. The van der Waals surface area contributed by atoms with Crippen molar-refractivity contribution in [2.45, 2.75) is 88.8 Å². The van der Waals surface area contributed by atoms with Crippen molar-refractivity contribution in [3.63, 3.8) is 0 Å². The number of fused-ring (bicyclic) bond motifs is 6. The van der Waals surface area contributed by atoms with Gasteiger partial charge in [-0.3, -0.25) is 4.79 Å². The Morgan fingerprint density at radius 1 is 1.25 bits per heavy atom. The van der Waals surface area contributed by atoms with Gasteiger partial charge in [-0.1, -0.05) is 37.3 Å². The van der Waals surface area contributed by atoms with Gasteiger partial charge in [0.2, 0.25) is 0 Å². The van der Waals surface area contributed by atoms with E-state index in [1.54, 1.807) is 29.3 Å². The van der Waals surface area contributed by atoms with E-state index < -0.39 is 0 Å². The largest absolute Gasteiger partial charge is 0.365 e. The van der Waals surface area contributed by atoms with Crippen LogP contribution in [-0.4, -0.2) is 61.2 Å². The third-order valence-corrected chi connectivity index (χ3v) is 11.6. The minimum atomic E-state index is -0.116. The van der Waals surface area contributed by atoms with E-state index in [1.165, 1.54) is 25.7 Å². The van der Waals surface area contributed by atoms with Crippen LogP contribution in [0.1, 0.15) is 65.7 Å². The smallest absolute Gasteiger partial charge is 0.281 e. The maximum atomic E-state index is 12.7. The first-order chi connectivity index (χ1) is 15.2. The van der Waals surface area contributed by atoms with Gasteiger partial charge in [-0.25, -0.2) is 0 Å². The molecule has 1 saturated heterocycles. The van der Waals surface area contributed by atoms with Crippen molar-refractivity contribution in [1.82, 2.24) is 4.90 Å². The highest BCUT2D eigenvalue weighted by Gasteiger charge is 2.77. The standard InChI is InChI=1S/C26H41NO4S/c1-16-26(31-16)22(32-23(28)27(4)5)14-21-19-8-7-17-13-18(30-15-29-6)9-11-24(17,2)20(19)10-12-25(21,26)3/h7,16,18-22H,8-15H2,1-6H3/t16-,18+,19-,20+,21+,22+,24+,25+,26-/m1/s1. The third kappa shape index (κ3) is 3.19. The van der Waals surface area contributed by atoms with Crippen LogP contribution in [0.25, 0.3) is 0 Å². The molecule has 5 nitrogen and oxygen atoms in total. The Kier molecular flexibility index (Phi) is 5.80. The van der Waals surface area contributed by atoms with Crippen LogP contribution in [0.15, 0.2) is 11.6 Å². The quantitative estimate of drug-likeness (QED) is 0.313. The zero-order valence-corrected chi connectivity index (χ0v) is 21.5. The van der Waals surface area contributed by atoms with E-state index in [-0.39, 0.29) is 27.6 Å². The molecular weight excluding hydrogens is 422 g/mol. The molecule has 0 aromatic heterocycles. The fourth-order valence-electron chi connectivity index (χ4n) is 8.51. The van der Waals surface area contributed by atoms with Crippen LogP contribution < -0.4 is 0 Å². The highest BCUT2D eigenvalue weighted by atomic mass is 32.2. The van der Waals surface area contributed by atoms with E-state index in [2.05, 4.69) is 26.8 Å². The van der Waals surface area contributed by atoms with E-state index in [4.69, 9.17) is 14.2 Å². The highest BCUT2D eigenvalue weighted by molar-refractivity contribution is 8.14. The molecule has 0 radical (unpaired) electrons. The second kappa shape index (κ2) is 8.00. The molecule has 180 valence electrons. The molecule has 1 spiro atoms. The summed E-state index contributed by atoms with van der Waals surface area (Å²) in [7, 11) is 5.42. The molecule has 0 aromatic carbocycles. The summed E-state index contributed by atoms with van der Waals surface area (Å²) in [5.74, 6) is 2.08. The van der Waals surface area contributed by atoms with Crippen molar-refractivity contribution < 1.29 is 19.0 Å². The van der Waals surface area contributed by atoms with E-state index in [0.29, 0.717) is 30.1 Å². The second-order valence-electron chi connectivity index (χ2n) is 11.7. The lowest BCUT2D eigenvalue weighted by atomic mass is 9.47. The minimum absolute atomic E-state index is 0.116. The number of thioether (sulfide) groups is 1. The van der Waals surface area contributed by atoms with Gasteiger partial charge in [-0.05, 0) is 75.0 Å². The average Bonchev–Trinajstić information content (AvgIpc) is 3.38. The molecule has 9 atom stereocenters. The van der Waals surface area contributed by atoms with Gasteiger partial charge in [0.1, 0.15) is 12.4 Å². The zero-order valence-electron chi connectivity index (χ0n) is 20.7. The average molecular weight is 464 g/mol. The summed E-state index contributed by atoms with van der Waals surface area (Å²) >= 11 is 1.54. The Labute approximate surface area is 198 Å². The lowest BCUT2D eigenvalue weighted by Gasteiger charge is -2.58. The zero-order chi connectivity index (χ0) is 22.9. The number of epoxide rings is 1. The molecule has 1 heterocycles. The van der Waals surface area contributed by atoms with Crippen molar-refractivity contribution in [2.24, 2.45) is 28.6 Å². The number of nitrogens with zero attached hydrogens (tertiary/aromatic N) is 1. The first-order valence-electron chi connectivity index (χ1n) is 12.5. The summed E-state index contributed by atoms with van der Waals surface area (Å²) in [5.41, 5.74) is 1.99. The van der Waals surface area contributed by atoms with Crippen molar-refractivity contribution in [3.8, 4) is 0 Å². The maximum Gasteiger partial charge on any atom is 0.281 e. The van der Waals surface area contributed by atoms with E-state index in [9.17, 15) is 4.79 Å². The van der Waals surface area contributed by atoms with Crippen molar-refractivity contribution in [1.29, 1.82) is 0 Å². The number of hydrogen-bond donors (Lipinski definition) is 0. The molecule has 5 rings (SSSR count). The molecule has 0 N–H and O–H groups in total. The lowest BCUT2D eigenvalue weighted by molar-refractivity contribution is -0.0981. The molecule has 4 fully saturated rings. The Hall–Kier alpha value is -0.560. The molecule has 0 unspecified atom stereocenters. The monoisotopic (exact) mass is 463 g/mol. The van der Waals surface area contributed by atoms with Gasteiger partial charge in [0.15, 0.2) is 0 Å². The van der Waals surface area contributed by atoms with Gasteiger partial charge in [0, 0.05) is 31.9 Å². The first kappa shape index (κ1) is 23.2. The van der Waals surface area contributed by atoms with Crippen LogP contribution in [0.4, 0.5) is 4.79 Å². The lowest BCUT2D eigenvalue weighted by Crippen LogP contribution is -2.52. The van der Waals surface area contributed by atoms with Crippen LogP contribution in [0.2, 0.25) is 0 Å². The van der Waals surface area contributed by atoms with Gasteiger partial charge < -0.3 is 19.1 Å². The summed E-state index contributed by atoms with van der Waals surface area (Å²) in [6, 6.07) is 0. The minimum Gasteiger partial charge on any atom is -0.365 e. The molecule has 6 heteroatoms. The van der Waals surface area contributed by atoms with Crippen LogP contribution >= 0.6 is 11.8 Å². The van der Waals surface area contributed by atoms with E-state index in [0.717, 1.165) is 25.2 Å². The number of rotatable bonds is 4. The molecule has 4 aliphatic carbocycles. The van der Waals surface area contributed by atoms with Gasteiger partial charge in [-0.2, -0.15) is 0 Å². The number of methoxy groups -OCH3 is 1. The SMILES string of the molecule is COCO[C@H]1CC[C@@]2(C)C(=CC[C@@H]3[C@@H]2CC[C@@]2(C)[C@H]3C[C@H](SC(=O)N(C)C)[C@@]23O[C@@H]3C)C1. The van der Waals surface area contributed by atoms with E-state index >= 15 is 0 Å². The number of carbonyl (C=O) groups excluding carboxylic acids is 1. The van der Waals surface area contributed by atoms with Gasteiger partial charge >= 0.3 is 0 Å². The number of allylic oxidation sites excluding steroid dienone is 1. The molecule has 0 bridgehead atoms. The summed E-state index contributed by atoms with van der Waals surface area (Å²) < 4.78 is 17.6. The summed E-state index contributed by atoms with van der Waals surface area (Å²) in [6.07, 6.45) is 11.3. The third-order valence-electron chi connectivity index (χ3n) is 10.2. The van der Waals surface area contributed by atoms with Crippen LogP contribution in [0, 0.1) is 28.6 Å². The predicted molar refractivity (Wildman–Crippen MR) is 128 cm³/mol. The van der Waals surface area contributed by atoms with Crippen molar-refractivity contribution >= 4 is 17.0 Å². The molecular formula is C26H41NO4S. The normalized spacial score (nSPS) is 49.1. The Balaban J connectivity index is 1.40. The molecule has 3 saturated carbocycles. The van der Waals surface area contributed by atoms with Gasteiger partial charge in [0.05, 0.1) is 12.2 Å². The van der Waals surface area contributed by atoms with Gasteiger partial charge in [-0.15, -0.1) is 0 Å². The fourth-order valence-corrected chi connectivity index (χ4v) is 9.95. The Morgan fingerprint density at radius 3 is 2.66 bits per heavy atom. The molecule has 1 amide bonds. The number of carbonyl (C=O) groups is 1.